The van der Waals surface area contributed by atoms with E-state index in [2.05, 4.69) is 4.98 Å². The standard InChI is InChI=1S/C14H18N2O2/c1-11(17)14-12(7-4-6-10-18-2)16-9-5-3-8-13(16)15-14/h3,5,8-9H,4,6-7,10H2,1-2H3. The van der Waals surface area contributed by atoms with Gasteiger partial charge in [-0.1, -0.05) is 6.07 Å². The van der Waals surface area contributed by atoms with Gasteiger partial charge in [0.15, 0.2) is 5.78 Å². The van der Waals surface area contributed by atoms with Crippen LogP contribution in [-0.4, -0.2) is 28.9 Å². The van der Waals surface area contributed by atoms with Crippen molar-refractivity contribution in [1.29, 1.82) is 0 Å². The van der Waals surface area contributed by atoms with Crippen molar-refractivity contribution < 1.29 is 9.53 Å². The lowest BCUT2D eigenvalue weighted by Crippen LogP contribution is -2.02. The van der Waals surface area contributed by atoms with E-state index in [1.807, 2.05) is 28.8 Å². The SMILES string of the molecule is COCCCCc1c(C(C)=O)nc2ccccn12. The number of unbranched alkanes of at least 4 members (excludes halogenated alkanes) is 1. The Morgan fingerprint density at radius 3 is 2.94 bits per heavy atom. The van der Waals surface area contributed by atoms with Crippen molar-refractivity contribution in [3.05, 3.63) is 35.8 Å². The zero-order chi connectivity index (χ0) is 13.0. The number of aromatic nitrogens is 2. The van der Waals surface area contributed by atoms with E-state index in [-0.39, 0.29) is 5.78 Å². The molecule has 0 amide bonds. The molecule has 0 atom stereocenters. The number of ether oxygens (including phenoxy) is 1. The van der Waals surface area contributed by atoms with Gasteiger partial charge in [-0.2, -0.15) is 0 Å². The number of rotatable bonds is 6. The number of hydrogen-bond acceptors (Lipinski definition) is 3. The van der Waals surface area contributed by atoms with Crippen LogP contribution in [0.5, 0.6) is 0 Å². The first kappa shape index (κ1) is 12.8. The Bertz CT molecular complexity index is 546. The minimum absolute atomic E-state index is 0.0282. The Labute approximate surface area is 107 Å². The van der Waals surface area contributed by atoms with Crippen LogP contribution in [0.25, 0.3) is 5.65 Å². The highest BCUT2D eigenvalue weighted by Gasteiger charge is 2.14. The summed E-state index contributed by atoms with van der Waals surface area (Å²) >= 11 is 0. The average molecular weight is 246 g/mol. The molecule has 0 bridgehead atoms. The molecule has 0 N–H and O–H groups in total. The summed E-state index contributed by atoms with van der Waals surface area (Å²) in [5.74, 6) is 0.0282. The summed E-state index contributed by atoms with van der Waals surface area (Å²) in [6, 6.07) is 5.81. The maximum atomic E-state index is 11.6. The van der Waals surface area contributed by atoms with Gasteiger partial charge in [-0.25, -0.2) is 4.98 Å². The van der Waals surface area contributed by atoms with Gasteiger partial charge in [-0.3, -0.25) is 4.79 Å². The third-order valence-electron chi connectivity index (χ3n) is 2.97. The van der Waals surface area contributed by atoms with Gasteiger partial charge in [-0.05, 0) is 31.4 Å². The molecule has 96 valence electrons. The van der Waals surface area contributed by atoms with E-state index in [9.17, 15) is 4.79 Å². The van der Waals surface area contributed by atoms with Gasteiger partial charge in [0.05, 0.1) is 5.69 Å². The van der Waals surface area contributed by atoms with Crippen molar-refractivity contribution in [1.82, 2.24) is 9.38 Å². The van der Waals surface area contributed by atoms with Crippen LogP contribution >= 0.6 is 0 Å². The molecule has 0 aliphatic rings. The molecule has 0 radical (unpaired) electrons. The number of carbonyl (C=O) groups excluding carboxylic acids is 1. The van der Waals surface area contributed by atoms with E-state index in [0.29, 0.717) is 5.69 Å². The quantitative estimate of drug-likeness (QED) is 0.581. The number of aryl methyl sites for hydroxylation is 1. The van der Waals surface area contributed by atoms with Crippen LogP contribution in [0.4, 0.5) is 0 Å². The van der Waals surface area contributed by atoms with Crippen molar-refractivity contribution in [2.45, 2.75) is 26.2 Å². The molecular formula is C14H18N2O2. The Kier molecular flexibility index (Phi) is 4.10. The van der Waals surface area contributed by atoms with Crippen molar-refractivity contribution in [3.8, 4) is 0 Å². The normalized spacial score (nSPS) is 11.0. The van der Waals surface area contributed by atoms with Crippen LogP contribution in [0.3, 0.4) is 0 Å². The molecule has 0 saturated heterocycles. The maximum absolute atomic E-state index is 11.6. The molecular weight excluding hydrogens is 228 g/mol. The maximum Gasteiger partial charge on any atom is 0.180 e. The lowest BCUT2D eigenvalue weighted by molar-refractivity contribution is 0.101. The summed E-state index contributed by atoms with van der Waals surface area (Å²) in [6.07, 6.45) is 4.80. The van der Waals surface area contributed by atoms with Crippen LogP contribution in [0.15, 0.2) is 24.4 Å². The van der Waals surface area contributed by atoms with Crippen molar-refractivity contribution in [2.24, 2.45) is 0 Å². The summed E-state index contributed by atoms with van der Waals surface area (Å²) in [5, 5.41) is 0. The van der Waals surface area contributed by atoms with Crippen molar-refractivity contribution in [2.75, 3.05) is 13.7 Å². The van der Waals surface area contributed by atoms with E-state index < -0.39 is 0 Å². The van der Waals surface area contributed by atoms with Crippen molar-refractivity contribution in [3.63, 3.8) is 0 Å². The fourth-order valence-corrected chi connectivity index (χ4v) is 2.11. The number of fused-ring (bicyclic) bond motifs is 1. The van der Waals surface area contributed by atoms with Gasteiger partial charge in [0, 0.05) is 26.8 Å². The third-order valence-corrected chi connectivity index (χ3v) is 2.97. The Hall–Kier alpha value is -1.68. The summed E-state index contributed by atoms with van der Waals surface area (Å²) < 4.78 is 7.04. The molecule has 0 saturated carbocycles. The summed E-state index contributed by atoms with van der Waals surface area (Å²) in [5.41, 5.74) is 2.44. The first-order valence-electron chi connectivity index (χ1n) is 6.20. The molecule has 2 aromatic heterocycles. The van der Waals surface area contributed by atoms with E-state index in [4.69, 9.17) is 4.74 Å². The molecule has 0 unspecified atom stereocenters. The molecule has 18 heavy (non-hydrogen) atoms. The monoisotopic (exact) mass is 246 g/mol. The highest BCUT2D eigenvalue weighted by molar-refractivity contribution is 5.94. The molecule has 4 nitrogen and oxygen atoms in total. The largest absolute Gasteiger partial charge is 0.385 e. The van der Waals surface area contributed by atoms with Gasteiger partial charge >= 0.3 is 0 Å². The van der Waals surface area contributed by atoms with E-state index in [0.717, 1.165) is 37.2 Å². The van der Waals surface area contributed by atoms with Crippen molar-refractivity contribution >= 4 is 11.4 Å². The highest BCUT2D eigenvalue weighted by atomic mass is 16.5. The second-order valence-corrected chi connectivity index (χ2v) is 4.34. The second kappa shape index (κ2) is 5.78. The fraction of sp³-hybridized carbons (Fsp3) is 0.429. The van der Waals surface area contributed by atoms with Crippen LogP contribution in [0, 0.1) is 0 Å². The number of ketones is 1. The van der Waals surface area contributed by atoms with Gasteiger partial charge < -0.3 is 9.14 Å². The molecule has 0 aliphatic heterocycles. The first-order chi connectivity index (χ1) is 8.74. The number of Topliss-reactive ketones (excluding diaryl/α,β-unsaturated/α-hetero) is 1. The van der Waals surface area contributed by atoms with Crippen LogP contribution in [-0.2, 0) is 11.2 Å². The number of methoxy groups -OCH3 is 1. The smallest absolute Gasteiger partial charge is 0.180 e. The number of nitrogens with zero attached hydrogens (tertiary/aromatic N) is 2. The van der Waals surface area contributed by atoms with Gasteiger partial charge in [0.1, 0.15) is 11.3 Å². The number of imidazole rings is 1. The zero-order valence-corrected chi connectivity index (χ0v) is 10.8. The molecule has 2 rings (SSSR count). The fourth-order valence-electron chi connectivity index (χ4n) is 2.11. The number of carbonyl (C=O) groups is 1. The Balaban J connectivity index is 2.27. The Morgan fingerprint density at radius 1 is 1.39 bits per heavy atom. The molecule has 0 fully saturated rings. The molecule has 0 spiro atoms. The molecule has 4 heteroatoms. The first-order valence-corrected chi connectivity index (χ1v) is 6.20. The zero-order valence-electron chi connectivity index (χ0n) is 10.8. The lowest BCUT2D eigenvalue weighted by atomic mass is 10.1. The van der Waals surface area contributed by atoms with E-state index in [1.165, 1.54) is 0 Å². The van der Waals surface area contributed by atoms with E-state index >= 15 is 0 Å². The van der Waals surface area contributed by atoms with Crippen LogP contribution in [0.2, 0.25) is 0 Å². The van der Waals surface area contributed by atoms with E-state index in [1.54, 1.807) is 14.0 Å². The van der Waals surface area contributed by atoms with Crippen LogP contribution in [0.1, 0.15) is 35.9 Å². The van der Waals surface area contributed by atoms with Gasteiger partial charge in [0.25, 0.3) is 0 Å². The van der Waals surface area contributed by atoms with Crippen LogP contribution < -0.4 is 0 Å². The molecule has 0 aliphatic carbocycles. The summed E-state index contributed by atoms with van der Waals surface area (Å²) in [6.45, 7) is 2.33. The van der Waals surface area contributed by atoms with Gasteiger partial charge in [0.2, 0.25) is 0 Å². The minimum atomic E-state index is 0.0282. The number of pyridine rings is 1. The predicted octanol–water partition coefficient (Wildman–Crippen LogP) is 2.51. The Morgan fingerprint density at radius 2 is 2.22 bits per heavy atom. The third kappa shape index (κ3) is 2.59. The average Bonchev–Trinajstić information content (AvgIpc) is 2.74. The molecule has 2 heterocycles. The number of hydrogen-bond donors (Lipinski definition) is 0. The predicted molar refractivity (Wildman–Crippen MR) is 70.0 cm³/mol. The minimum Gasteiger partial charge on any atom is -0.385 e. The lowest BCUT2D eigenvalue weighted by Gasteiger charge is -2.03. The van der Waals surface area contributed by atoms with Gasteiger partial charge in [-0.15, -0.1) is 0 Å². The molecule has 2 aromatic rings. The summed E-state index contributed by atoms with van der Waals surface area (Å²) in [4.78, 5) is 16.0. The molecule has 0 aromatic carbocycles. The summed E-state index contributed by atoms with van der Waals surface area (Å²) in [7, 11) is 1.70. The topological polar surface area (TPSA) is 43.6 Å². The highest BCUT2D eigenvalue weighted by Crippen LogP contribution is 2.15. The second-order valence-electron chi connectivity index (χ2n) is 4.34.